The van der Waals surface area contributed by atoms with Gasteiger partial charge in [-0.05, 0) is 47.8 Å². The number of nitrogens with zero attached hydrogens (tertiary/aromatic N) is 1. The van der Waals surface area contributed by atoms with Crippen molar-refractivity contribution < 1.29 is 14.4 Å². The van der Waals surface area contributed by atoms with E-state index in [1.807, 2.05) is 30.3 Å². The van der Waals surface area contributed by atoms with E-state index >= 15 is 0 Å². The van der Waals surface area contributed by atoms with E-state index < -0.39 is 11.9 Å². The summed E-state index contributed by atoms with van der Waals surface area (Å²) in [6.07, 6.45) is 5.59. The first kappa shape index (κ1) is 20.9. The fraction of sp³-hybridized carbons (Fsp3) is 0.346. The lowest BCUT2D eigenvalue weighted by atomic mass is 9.63. The van der Waals surface area contributed by atoms with Gasteiger partial charge in [0, 0.05) is 6.42 Å². The second-order valence-electron chi connectivity index (χ2n) is 9.50. The summed E-state index contributed by atoms with van der Waals surface area (Å²) in [5.74, 6) is -0.369. The number of rotatable bonds is 5. The molecule has 1 saturated heterocycles. The molecular formula is C26H22Cl2N2O3. The van der Waals surface area contributed by atoms with Gasteiger partial charge in [0.25, 0.3) is 0 Å². The molecule has 5 aliphatic rings. The molecule has 0 spiro atoms. The molecule has 7 rings (SSSR count). The molecule has 168 valence electrons. The van der Waals surface area contributed by atoms with Crippen molar-refractivity contribution in [1.29, 1.82) is 0 Å². The van der Waals surface area contributed by atoms with Crippen molar-refractivity contribution in [2.24, 2.45) is 35.5 Å². The summed E-state index contributed by atoms with van der Waals surface area (Å²) in [4.78, 5) is 42.1. The molecule has 1 N–H and O–H groups in total. The summed E-state index contributed by atoms with van der Waals surface area (Å²) < 4.78 is 0. The minimum Gasteiger partial charge on any atom is -0.323 e. The van der Waals surface area contributed by atoms with Crippen LogP contribution in [0.2, 0.25) is 10.0 Å². The van der Waals surface area contributed by atoms with Crippen molar-refractivity contribution in [2.75, 3.05) is 5.32 Å². The minimum atomic E-state index is -0.969. The lowest BCUT2D eigenvalue weighted by Crippen LogP contribution is -2.49. The van der Waals surface area contributed by atoms with Gasteiger partial charge in [-0.25, -0.2) is 0 Å². The van der Waals surface area contributed by atoms with Crippen LogP contribution in [-0.4, -0.2) is 28.7 Å². The molecule has 0 aromatic heterocycles. The number of allylic oxidation sites excluding steroid dienone is 2. The first-order valence-electron chi connectivity index (χ1n) is 11.3. The van der Waals surface area contributed by atoms with E-state index in [4.69, 9.17) is 23.2 Å². The summed E-state index contributed by atoms with van der Waals surface area (Å²) in [6, 6.07) is 13.4. The van der Waals surface area contributed by atoms with Crippen LogP contribution in [-0.2, 0) is 20.8 Å². The number of halogens is 2. The monoisotopic (exact) mass is 480 g/mol. The second-order valence-corrected chi connectivity index (χ2v) is 10.3. The Hall–Kier alpha value is -2.63. The highest BCUT2D eigenvalue weighted by Gasteiger charge is 2.67. The van der Waals surface area contributed by atoms with Gasteiger partial charge in [-0.15, -0.1) is 0 Å². The molecule has 3 amide bonds. The van der Waals surface area contributed by atoms with Crippen LogP contribution in [0.25, 0.3) is 0 Å². The molecule has 7 atom stereocenters. The van der Waals surface area contributed by atoms with Crippen LogP contribution in [0.5, 0.6) is 0 Å². The number of carbonyl (C=O) groups is 3. The van der Waals surface area contributed by atoms with E-state index in [1.54, 1.807) is 18.2 Å². The fourth-order valence-corrected chi connectivity index (χ4v) is 6.59. The van der Waals surface area contributed by atoms with E-state index in [9.17, 15) is 14.4 Å². The van der Waals surface area contributed by atoms with Gasteiger partial charge in [-0.3, -0.25) is 19.3 Å². The molecule has 1 heterocycles. The lowest BCUT2D eigenvalue weighted by Gasteiger charge is -2.37. The zero-order chi connectivity index (χ0) is 22.9. The van der Waals surface area contributed by atoms with Crippen molar-refractivity contribution in [3.8, 4) is 0 Å². The average molecular weight is 481 g/mol. The van der Waals surface area contributed by atoms with Crippen molar-refractivity contribution in [2.45, 2.75) is 18.9 Å². The van der Waals surface area contributed by atoms with Crippen LogP contribution >= 0.6 is 23.2 Å². The Labute approximate surface area is 201 Å². The van der Waals surface area contributed by atoms with Gasteiger partial charge in [0.1, 0.15) is 6.04 Å². The maximum Gasteiger partial charge on any atom is 0.248 e. The third kappa shape index (κ3) is 3.24. The number of hydrogen-bond acceptors (Lipinski definition) is 3. The number of amides is 3. The predicted octanol–water partition coefficient (Wildman–Crippen LogP) is 4.60. The van der Waals surface area contributed by atoms with Gasteiger partial charge in [0.2, 0.25) is 17.7 Å². The molecule has 7 heteroatoms. The Balaban J connectivity index is 1.34. The number of nitrogens with one attached hydrogen (secondary N) is 1. The van der Waals surface area contributed by atoms with Gasteiger partial charge in [-0.2, -0.15) is 0 Å². The lowest BCUT2D eigenvalue weighted by molar-refractivity contribution is -0.146. The van der Waals surface area contributed by atoms with Crippen LogP contribution < -0.4 is 5.32 Å². The van der Waals surface area contributed by atoms with E-state index in [-0.39, 0.29) is 46.9 Å². The van der Waals surface area contributed by atoms with Gasteiger partial charge in [0.05, 0.1) is 27.6 Å². The highest BCUT2D eigenvalue weighted by atomic mass is 35.5. The first-order chi connectivity index (χ1) is 16.0. The van der Waals surface area contributed by atoms with E-state index in [0.29, 0.717) is 22.5 Å². The fourth-order valence-electron chi connectivity index (χ4n) is 6.24. The third-order valence-corrected chi connectivity index (χ3v) is 8.61. The molecule has 0 unspecified atom stereocenters. The van der Waals surface area contributed by atoms with Crippen molar-refractivity contribution in [3.05, 3.63) is 76.3 Å². The molecule has 2 aromatic carbocycles. The van der Waals surface area contributed by atoms with E-state index in [1.165, 1.54) is 4.90 Å². The molecule has 0 radical (unpaired) electrons. The molecule has 2 saturated carbocycles. The van der Waals surface area contributed by atoms with Crippen LogP contribution in [0.4, 0.5) is 5.69 Å². The van der Waals surface area contributed by atoms with E-state index in [0.717, 1.165) is 12.0 Å². The second kappa shape index (κ2) is 7.71. The smallest absolute Gasteiger partial charge is 0.248 e. The maximum atomic E-state index is 13.7. The van der Waals surface area contributed by atoms with Crippen LogP contribution in [0.15, 0.2) is 60.7 Å². The first-order valence-corrected chi connectivity index (χ1v) is 12.1. The molecule has 3 fully saturated rings. The third-order valence-electron chi connectivity index (χ3n) is 7.79. The van der Waals surface area contributed by atoms with Gasteiger partial charge >= 0.3 is 0 Å². The van der Waals surface area contributed by atoms with Gasteiger partial charge < -0.3 is 5.32 Å². The van der Waals surface area contributed by atoms with Gasteiger partial charge in [-0.1, -0.05) is 71.8 Å². The Morgan fingerprint density at radius 2 is 1.58 bits per heavy atom. The number of likely N-dealkylation sites (tertiary alicyclic amines) is 1. The number of benzene rings is 2. The Morgan fingerprint density at radius 3 is 2.21 bits per heavy atom. The molecule has 1 aliphatic heterocycles. The zero-order valence-electron chi connectivity index (χ0n) is 17.7. The average Bonchev–Trinajstić information content (AvgIpc) is 3.60. The SMILES string of the molecule is O=C(Nc1cccc(Cl)c1Cl)[C@@H](Cc1ccccc1)N1C(=O)[C@H]2[C@@H]3C=C[C@H]([C@H]4C[C@H]34)[C@@H]2C1=O. The Kier molecular flexibility index (Phi) is 4.89. The van der Waals surface area contributed by atoms with Gasteiger partial charge in [0.15, 0.2) is 0 Å². The summed E-state index contributed by atoms with van der Waals surface area (Å²) >= 11 is 12.4. The van der Waals surface area contributed by atoms with Crippen molar-refractivity contribution in [3.63, 3.8) is 0 Å². The normalized spacial score (nSPS) is 31.9. The number of imide groups is 1. The predicted molar refractivity (Wildman–Crippen MR) is 126 cm³/mol. The summed E-state index contributed by atoms with van der Waals surface area (Å²) in [5, 5.41) is 3.35. The van der Waals surface area contributed by atoms with Crippen molar-refractivity contribution in [1.82, 2.24) is 4.90 Å². The molecular weight excluding hydrogens is 459 g/mol. The molecule has 33 heavy (non-hydrogen) atoms. The van der Waals surface area contributed by atoms with Crippen molar-refractivity contribution >= 4 is 46.6 Å². The Morgan fingerprint density at radius 1 is 0.939 bits per heavy atom. The summed E-state index contributed by atoms with van der Waals surface area (Å²) in [5.41, 5.74) is 1.22. The summed E-state index contributed by atoms with van der Waals surface area (Å²) in [6.45, 7) is 0. The number of hydrogen-bond donors (Lipinski definition) is 1. The van der Waals surface area contributed by atoms with E-state index in [2.05, 4.69) is 17.5 Å². The molecule has 4 aliphatic carbocycles. The molecule has 2 bridgehead atoms. The minimum absolute atomic E-state index is 0.106. The Bertz CT molecular complexity index is 1160. The molecule has 2 aromatic rings. The largest absolute Gasteiger partial charge is 0.323 e. The van der Waals surface area contributed by atoms with Crippen LogP contribution in [0.3, 0.4) is 0 Å². The molecule has 5 nitrogen and oxygen atoms in total. The van der Waals surface area contributed by atoms with Crippen LogP contribution in [0, 0.1) is 35.5 Å². The number of anilines is 1. The zero-order valence-corrected chi connectivity index (χ0v) is 19.2. The highest BCUT2D eigenvalue weighted by molar-refractivity contribution is 6.44. The number of carbonyl (C=O) groups excluding carboxylic acids is 3. The standard InChI is InChI=1S/C26H22Cl2N2O3/c27-18-7-4-8-19(23(18)28)29-24(31)20(11-13-5-2-1-3-6-13)30-25(32)21-14-9-10-15(17-12-16(14)17)22(21)26(30)33/h1-10,14-17,20-22H,11-12H2,(H,29,31)/t14-,15-,16-,17-,20-,21+,22+/m1/s1. The maximum absolute atomic E-state index is 13.7. The highest BCUT2D eigenvalue weighted by Crippen LogP contribution is 2.65. The topological polar surface area (TPSA) is 66.5 Å². The van der Waals surface area contributed by atoms with Crippen LogP contribution in [0.1, 0.15) is 12.0 Å². The summed E-state index contributed by atoms with van der Waals surface area (Å²) in [7, 11) is 0. The quantitative estimate of drug-likeness (QED) is 0.502.